The van der Waals surface area contributed by atoms with Crippen LogP contribution in [0.15, 0.2) is 28.7 Å². The maximum atomic E-state index is 9.76. The molecule has 0 saturated heterocycles. The summed E-state index contributed by atoms with van der Waals surface area (Å²) in [5, 5.41) is 19.3. The number of alkyl halides is 1. The molecule has 0 aliphatic heterocycles. The molecule has 1 aromatic carbocycles. The summed E-state index contributed by atoms with van der Waals surface area (Å²) in [4.78, 5) is 0. The lowest BCUT2D eigenvalue weighted by Gasteiger charge is -2.18. The molecule has 0 bridgehead atoms. The second-order valence-electron chi connectivity index (χ2n) is 3.01. The monoisotopic (exact) mass is 278 g/mol. The average Bonchev–Trinajstić information content (AvgIpc) is 2.18. The first-order valence-electron chi connectivity index (χ1n) is 4.33. The van der Waals surface area contributed by atoms with Gasteiger partial charge in [0.2, 0.25) is 0 Å². The van der Waals surface area contributed by atoms with Crippen LogP contribution in [0.25, 0.3) is 0 Å². The van der Waals surface area contributed by atoms with E-state index in [9.17, 15) is 10.2 Å². The van der Waals surface area contributed by atoms with Gasteiger partial charge in [-0.2, -0.15) is 0 Å². The van der Waals surface area contributed by atoms with Crippen LogP contribution in [-0.2, 0) is 0 Å². The maximum Gasteiger partial charge on any atom is 0.106 e. The van der Waals surface area contributed by atoms with Gasteiger partial charge in [0.15, 0.2) is 0 Å². The Bertz CT molecular complexity index is 293. The van der Waals surface area contributed by atoms with Gasteiger partial charge in [-0.15, -0.1) is 11.6 Å². The van der Waals surface area contributed by atoms with Crippen molar-refractivity contribution in [3.8, 4) is 0 Å². The van der Waals surface area contributed by atoms with E-state index in [0.29, 0.717) is 17.9 Å². The average molecular weight is 280 g/mol. The molecule has 2 unspecified atom stereocenters. The minimum Gasteiger partial charge on any atom is -0.390 e. The van der Waals surface area contributed by atoms with Crippen molar-refractivity contribution in [1.29, 1.82) is 0 Å². The number of hydrogen-bond acceptors (Lipinski definition) is 2. The first kappa shape index (κ1) is 12.0. The molecule has 78 valence electrons. The Morgan fingerprint density at radius 1 is 1.29 bits per heavy atom. The molecule has 0 amide bonds. The van der Waals surface area contributed by atoms with Gasteiger partial charge in [-0.3, -0.25) is 0 Å². The molecule has 0 aromatic heterocycles. The standard InChI is InChI=1S/C10H12BrClO2/c11-8-4-2-1-3-7(8)10(14)9(13)5-6-12/h1-4,9-10,13-14H,5-6H2. The molecular weight excluding hydrogens is 267 g/mol. The first-order valence-corrected chi connectivity index (χ1v) is 5.66. The lowest BCUT2D eigenvalue weighted by Crippen LogP contribution is -2.18. The summed E-state index contributed by atoms with van der Waals surface area (Å²) in [6.45, 7) is 0. The maximum absolute atomic E-state index is 9.76. The predicted molar refractivity (Wildman–Crippen MR) is 60.4 cm³/mol. The van der Waals surface area contributed by atoms with Crippen LogP contribution < -0.4 is 0 Å². The normalized spacial score (nSPS) is 15.1. The van der Waals surface area contributed by atoms with E-state index in [1.165, 1.54) is 0 Å². The third kappa shape index (κ3) is 2.95. The Balaban J connectivity index is 2.78. The van der Waals surface area contributed by atoms with Crippen molar-refractivity contribution in [3.05, 3.63) is 34.3 Å². The highest BCUT2D eigenvalue weighted by Crippen LogP contribution is 2.26. The summed E-state index contributed by atoms with van der Waals surface area (Å²) in [7, 11) is 0. The highest BCUT2D eigenvalue weighted by Gasteiger charge is 2.19. The molecule has 2 nitrogen and oxygen atoms in total. The van der Waals surface area contributed by atoms with Crippen molar-refractivity contribution in [2.45, 2.75) is 18.6 Å². The molecule has 0 spiro atoms. The Morgan fingerprint density at radius 3 is 2.50 bits per heavy atom. The van der Waals surface area contributed by atoms with Gasteiger partial charge in [-0.25, -0.2) is 0 Å². The van der Waals surface area contributed by atoms with Crippen LogP contribution in [0.5, 0.6) is 0 Å². The van der Waals surface area contributed by atoms with E-state index in [1.54, 1.807) is 6.07 Å². The van der Waals surface area contributed by atoms with Crippen LogP contribution in [0.2, 0.25) is 0 Å². The minimum absolute atomic E-state index is 0.336. The fourth-order valence-electron chi connectivity index (χ4n) is 1.19. The van der Waals surface area contributed by atoms with Gasteiger partial charge in [-0.1, -0.05) is 34.1 Å². The van der Waals surface area contributed by atoms with E-state index < -0.39 is 12.2 Å². The predicted octanol–water partition coefficient (Wildman–Crippen LogP) is 2.47. The van der Waals surface area contributed by atoms with Gasteiger partial charge in [0.05, 0.1) is 6.10 Å². The molecule has 0 heterocycles. The molecule has 1 aromatic rings. The highest BCUT2D eigenvalue weighted by atomic mass is 79.9. The highest BCUT2D eigenvalue weighted by molar-refractivity contribution is 9.10. The summed E-state index contributed by atoms with van der Waals surface area (Å²) in [6, 6.07) is 7.27. The van der Waals surface area contributed by atoms with E-state index in [4.69, 9.17) is 11.6 Å². The molecule has 0 fully saturated rings. The lowest BCUT2D eigenvalue weighted by molar-refractivity contribution is 0.0166. The zero-order chi connectivity index (χ0) is 10.6. The zero-order valence-corrected chi connectivity index (χ0v) is 9.87. The summed E-state index contributed by atoms with van der Waals surface area (Å²) >= 11 is 8.80. The number of aliphatic hydroxyl groups is 2. The van der Waals surface area contributed by atoms with Crippen LogP contribution in [0.3, 0.4) is 0 Å². The smallest absolute Gasteiger partial charge is 0.106 e. The Hall–Kier alpha value is -0.0900. The fourth-order valence-corrected chi connectivity index (χ4v) is 1.93. The van der Waals surface area contributed by atoms with Crippen molar-refractivity contribution in [2.75, 3.05) is 5.88 Å². The van der Waals surface area contributed by atoms with Crippen LogP contribution in [0.4, 0.5) is 0 Å². The third-order valence-electron chi connectivity index (χ3n) is 1.99. The van der Waals surface area contributed by atoms with E-state index in [2.05, 4.69) is 15.9 Å². The van der Waals surface area contributed by atoms with Crippen molar-refractivity contribution >= 4 is 27.5 Å². The van der Waals surface area contributed by atoms with Crippen molar-refractivity contribution in [3.63, 3.8) is 0 Å². The Labute approximate surface area is 96.7 Å². The van der Waals surface area contributed by atoms with Crippen molar-refractivity contribution in [1.82, 2.24) is 0 Å². The molecule has 0 aliphatic rings. The first-order chi connectivity index (χ1) is 6.66. The summed E-state index contributed by atoms with van der Waals surface area (Å²) in [5.74, 6) is 0.336. The molecular formula is C10H12BrClO2. The number of halogens is 2. The van der Waals surface area contributed by atoms with Gasteiger partial charge in [-0.05, 0) is 18.1 Å². The molecule has 1 rings (SSSR count). The second-order valence-corrected chi connectivity index (χ2v) is 4.24. The van der Waals surface area contributed by atoms with Gasteiger partial charge in [0.25, 0.3) is 0 Å². The zero-order valence-electron chi connectivity index (χ0n) is 7.53. The van der Waals surface area contributed by atoms with Crippen molar-refractivity contribution < 1.29 is 10.2 Å². The largest absolute Gasteiger partial charge is 0.390 e. The van der Waals surface area contributed by atoms with Crippen LogP contribution in [-0.4, -0.2) is 22.2 Å². The molecule has 14 heavy (non-hydrogen) atoms. The van der Waals surface area contributed by atoms with Gasteiger partial charge < -0.3 is 10.2 Å². The van der Waals surface area contributed by atoms with Gasteiger partial charge in [0.1, 0.15) is 6.10 Å². The van der Waals surface area contributed by atoms with E-state index in [-0.39, 0.29) is 0 Å². The van der Waals surface area contributed by atoms with Gasteiger partial charge >= 0.3 is 0 Å². The molecule has 4 heteroatoms. The van der Waals surface area contributed by atoms with Crippen molar-refractivity contribution in [2.24, 2.45) is 0 Å². The molecule has 2 atom stereocenters. The summed E-state index contributed by atoms with van der Waals surface area (Å²) in [6.07, 6.45) is -1.32. The van der Waals surface area contributed by atoms with E-state index in [1.807, 2.05) is 18.2 Å². The summed E-state index contributed by atoms with van der Waals surface area (Å²) < 4.78 is 0.793. The molecule has 0 aliphatic carbocycles. The second kappa shape index (κ2) is 5.71. The van der Waals surface area contributed by atoms with Crippen LogP contribution >= 0.6 is 27.5 Å². The molecule has 2 N–H and O–H groups in total. The number of aliphatic hydroxyl groups excluding tert-OH is 2. The van der Waals surface area contributed by atoms with Gasteiger partial charge in [0, 0.05) is 10.4 Å². The molecule has 0 radical (unpaired) electrons. The quantitative estimate of drug-likeness (QED) is 0.831. The summed E-state index contributed by atoms with van der Waals surface area (Å²) in [5.41, 5.74) is 0.685. The molecule has 0 saturated carbocycles. The third-order valence-corrected chi connectivity index (χ3v) is 2.93. The Morgan fingerprint density at radius 2 is 1.93 bits per heavy atom. The van der Waals surface area contributed by atoms with E-state index >= 15 is 0 Å². The Kier molecular flexibility index (Phi) is 4.89. The van der Waals surface area contributed by atoms with Crippen LogP contribution in [0, 0.1) is 0 Å². The van der Waals surface area contributed by atoms with Crippen LogP contribution in [0.1, 0.15) is 18.1 Å². The lowest BCUT2D eigenvalue weighted by atomic mass is 10.0. The SMILES string of the molecule is OC(CCCl)C(O)c1ccccc1Br. The fraction of sp³-hybridized carbons (Fsp3) is 0.400. The number of benzene rings is 1. The van der Waals surface area contributed by atoms with E-state index in [0.717, 1.165) is 4.47 Å². The number of hydrogen-bond donors (Lipinski definition) is 2. The topological polar surface area (TPSA) is 40.5 Å². The minimum atomic E-state index is -0.885. The number of rotatable bonds is 4.